The van der Waals surface area contributed by atoms with Crippen molar-refractivity contribution in [1.82, 2.24) is 4.90 Å². The number of halogens is 2. The molecule has 7 nitrogen and oxygen atoms in total. The summed E-state index contributed by atoms with van der Waals surface area (Å²) in [6.45, 7) is 9.35. The second-order valence-electron chi connectivity index (χ2n) is 9.73. The summed E-state index contributed by atoms with van der Waals surface area (Å²) in [5.74, 6) is -2.41. The number of nitrogens with zero attached hydrogens (tertiary/aromatic N) is 2. The van der Waals surface area contributed by atoms with E-state index in [0.717, 1.165) is 6.42 Å². The number of esters is 1. The maximum atomic E-state index is 14.4. The van der Waals surface area contributed by atoms with Gasteiger partial charge in [-0.15, -0.1) is 24.9 Å². The number of carbonyl (C=O) groups excluding carboxylic acids is 3. The van der Waals surface area contributed by atoms with Gasteiger partial charge in [-0.3, -0.25) is 14.4 Å². The Hall–Kier alpha value is -1.81. The molecule has 200 valence electrons. The number of aliphatic hydroxyl groups is 1. The molecular formula is C27H32BrClN2O5S. The molecule has 1 spiro atoms. The van der Waals surface area contributed by atoms with E-state index >= 15 is 0 Å². The van der Waals surface area contributed by atoms with Crippen molar-refractivity contribution in [3.8, 4) is 0 Å². The van der Waals surface area contributed by atoms with Crippen LogP contribution in [0.25, 0.3) is 0 Å². The first kappa shape index (κ1) is 28.2. The van der Waals surface area contributed by atoms with Crippen LogP contribution < -0.4 is 4.90 Å². The molecule has 0 aliphatic carbocycles. The highest BCUT2D eigenvalue weighted by Gasteiger charge is 2.76. The highest BCUT2D eigenvalue weighted by molar-refractivity contribution is 9.09. The van der Waals surface area contributed by atoms with E-state index in [1.54, 1.807) is 48.2 Å². The van der Waals surface area contributed by atoms with Gasteiger partial charge in [0.2, 0.25) is 5.91 Å². The van der Waals surface area contributed by atoms with Crippen LogP contribution in [-0.4, -0.2) is 74.5 Å². The van der Waals surface area contributed by atoms with Gasteiger partial charge in [0.05, 0.1) is 46.5 Å². The molecule has 3 heterocycles. The van der Waals surface area contributed by atoms with Crippen molar-refractivity contribution in [2.24, 2.45) is 11.8 Å². The number of ether oxygens (including phenoxy) is 1. The SMILES string of the molecule is C=CCCCOC(=O)[C@H]1[C@@H]2SC3(CC2Br)C(C(=O)N(CC=C)c2ccccc2Cl)N([C@H](C)CO)C(=O)[C@H]13. The van der Waals surface area contributed by atoms with E-state index in [1.807, 2.05) is 0 Å². The second-order valence-corrected chi connectivity index (χ2v) is 12.9. The highest BCUT2D eigenvalue weighted by atomic mass is 79.9. The molecule has 3 aliphatic heterocycles. The number of para-hydroxylation sites is 1. The Labute approximate surface area is 235 Å². The van der Waals surface area contributed by atoms with Crippen LogP contribution >= 0.6 is 39.3 Å². The van der Waals surface area contributed by atoms with E-state index < -0.39 is 34.6 Å². The minimum Gasteiger partial charge on any atom is -0.465 e. The molecule has 3 fully saturated rings. The van der Waals surface area contributed by atoms with Crippen molar-refractivity contribution in [2.75, 3.05) is 24.7 Å². The van der Waals surface area contributed by atoms with Gasteiger partial charge in [-0.2, -0.15) is 0 Å². The first-order chi connectivity index (χ1) is 17.7. The number of alkyl halides is 1. The van der Waals surface area contributed by atoms with E-state index in [1.165, 1.54) is 16.7 Å². The number of anilines is 1. The monoisotopic (exact) mass is 610 g/mol. The first-order valence-corrected chi connectivity index (χ1v) is 14.6. The number of unbranched alkanes of at least 4 members (excludes halogenated alkanes) is 1. The van der Waals surface area contributed by atoms with Gasteiger partial charge >= 0.3 is 5.97 Å². The number of benzene rings is 1. The van der Waals surface area contributed by atoms with Crippen molar-refractivity contribution in [2.45, 2.75) is 53.1 Å². The van der Waals surface area contributed by atoms with Crippen molar-refractivity contribution in [3.05, 3.63) is 54.6 Å². The fraction of sp³-hybridized carbons (Fsp3) is 0.519. The largest absolute Gasteiger partial charge is 0.465 e. The summed E-state index contributed by atoms with van der Waals surface area (Å²) in [5, 5.41) is 10.3. The Morgan fingerprint density at radius 2 is 2.11 bits per heavy atom. The second kappa shape index (κ2) is 11.5. The molecule has 37 heavy (non-hydrogen) atoms. The molecule has 4 rings (SSSR count). The van der Waals surface area contributed by atoms with Gasteiger partial charge in [0.15, 0.2) is 0 Å². The normalized spacial score (nSPS) is 30.6. The standard InChI is InChI=1S/C27H32BrClN2O5S/c1-4-6-9-13-36-26(35)20-21-24(33)31(16(3)15-32)23(27(21)14-17(28)22(20)37-27)25(34)30(12-5-2)19-11-8-7-10-18(19)29/h4-5,7-8,10-11,16-17,20-23,32H,1-2,6,9,12-15H2,3H3/t16-,17?,20-,21+,22-,23?,27?/m1/s1. The Morgan fingerprint density at radius 3 is 2.76 bits per heavy atom. The smallest absolute Gasteiger partial charge is 0.310 e. The zero-order valence-electron chi connectivity index (χ0n) is 20.7. The van der Waals surface area contributed by atoms with E-state index in [2.05, 4.69) is 29.1 Å². The lowest BCUT2D eigenvalue weighted by Crippen LogP contribution is -2.57. The van der Waals surface area contributed by atoms with Crippen molar-refractivity contribution < 1.29 is 24.2 Å². The zero-order valence-corrected chi connectivity index (χ0v) is 23.9. The molecule has 1 aromatic rings. The summed E-state index contributed by atoms with van der Waals surface area (Å²) >= 11 is 11.7. The number of amides is 2. The van der Waals surface area contributed by atoms with Crippen molar-refractivity contribution >= 4 is 62.8 Å². The zero-order chi connectivity index (χ0) is 26.9. The number of rotatable bonds is 11. The molecule has 3 unspecified atom stereocenters. The van der Waals surface area contributed by atoms with Gasteiger partial charge in [0, 0.05) is 16.6 Å². The van der Waals surface area contributed by atoms with Gasteiger partial charge in [0.25, 0.3) is 5.91 Å². The van der Waals surface area contributed by atoms with Crippen LogP contribution in [0.5, 0.6) is 0 Å². The topological polar surface area (TPSA) is 87.2 Å². The van der Waals surface area contributed by atoms with Gasteiger partial charge < -0.3 is 19.6 Å². The highest BCUT2D eigenvalue weighted by Crippen LogP contribution is 2.68. The lowest BCUT2D eigenvalue weighted by atomic mass is 9.71. The molecule has 2 amide bonds. The minimum atomic E-state index is -0.892. The molecule has 0 saturated carbocycles. The Kier molecular flexibility index (Phi) is 8.78. The van der Waals surface area contributed by atoms with Gasteiger partial charge in [-0.05, 0) is 38.3 Å². The van der Waals surface area contributed by atoms with Crippen LogP contribution in [0.15, 0.2) is 49.6 Å². The fourth-order valence-electron chi connectivity index (χ4n) is 5.93. The predicted molar refractivity (Wildman–Crippen MR) is 150 cm³/mol. The van der Waals surface area contributed by atoms with Crippen LogP contribution in [0.1, 0.15) is 26.2 Å². The van der Waals surface area contributed by atoms with Gasteiger partial charge in [0.1, 0.15) is 6.04 Å². The fourth-order valence-corrected chi connectivity index (χ4v) is 9.75. The van der Waals surface area contributed by atoms with Gasteiger partial charge in [-0.1, -0.05) is 51.8 Å². The van der Waals surface area contributed by atoms with Crippen LogP contribution in [0.2, 0.25) is 5.02 Å². The Bertz CT molecular complexity index is 1090. The Balaban J connectivity index is 1.75. The summed E-state index contributed by atoms with van der Waals surface area (Å²) in [6.07, 6.45) is 5.30. The van der Waals surface area contributed by atoms with Crippen LogP contribution in [-0.2, 0) is 19.1 Å². The molecule has 1 N–H and O–H groups in total. The molecule has 3 aliphatic rings. The van der Waals surface area contributed by atoms with Gasteiger partial charge in [-0.25, -0.2) is 0 Å². The molecule has 1 aromatic carbocycles. The third kappa shape index (κ3) is 4.77. The number of hydrogen-bond acceptors (Lipinski definition) is 6. The van der Waals surface area contributed by atoms with E-state index in [0.29, 0.717) is 23.6 Å². The van der Waals surface area contributed by atoms with Crippen LogP contribution in [0.3, 0.4) is 0 Å². The number of fused-ring (bicyclic) bond motifs is 1. The number of thioether (sulfide) groups is 1. The van der Waals surface area contributed by atoms with Crippen molar-refractivity contribution in [1.29, 1.82) is 0 Å². The lowest BCUT2D eigenvalue weighted by Gasteiger charge is -2.39. The van der Waals surface area contributed by atoms with E-state index in [4.69, 9.17) is 16.3 Å². The van der Waals surface area contributed by atoms with E-state index in [9.17, 15) is 19.5 Å². The average molecular weight is 612 g/mol. The molecule has 10 heteroatoms. The number of aliphatic hydroxyl groups excluding tert-OH is 1. The lowest BCUT2D eigenvalue weighted by molar-refractivity contribution is -0.154. The third-order valence-corrected chi connectivity index (χ3v) is 11.0. The summed E-state index contributed by atoms with van der Waals surface area (Å²) < 4.78 is 4.76. The molecule has 7 atom stereocenters. The number of likely N-dealkylation sites (tertiary alicyclic amines) is 1. The number of hydrogen-bond donors (Lipinski definition) is 1. The molecule has 2 bridgehead atoms. The van der Waals surface area contributed by atoms with Crippen LogP contribution in [0.4, 0.5) is 5.69 Å². The molecule has 3 saturated heterocycles. The molecule has 0 radical (unpaired) electrons. The van der Waals surface area contributed by atoms with Crippen molar-refractivity contribution in [3.63, 3.8) is 0 Å². The summed E-state index contributed by atoms with van der Waals surface area (Å²) in [7, 11) is 0. The maximum Gasteiger partial charge on any atom is 0.310 e. The number of allylic oxidation sites excluding steroid dienone is 1. The van der Waals surface area contributed by atoms with Crippen LogP contribution in [0, 0.1) is 11.8 Å². The molecular weight excluding hydrogens is 580 g/mol. The predicted octanol–water partition coefficient (Wildman–Crippen LogP) is 4.21. The number of carbonyl (C=O) groups is 3. The minimum absolute atomic E-state index is 0.0693. The summed E-state index contributed by atoms with van der Waals surface area (Å²) in [6, 6.07) is 5.53. The third-order valence-electron chi connectivity index (χ3n) is 7.49. The maximum absolute atomic E-state index is 14.4. The quantitative estimate of drug-likeness (QED) is 0.175. The first-order valence-electron chi connectivity index (χ1n) is 12.4. The summed E-state index contributed by atoms with van der Waals surface area (Å²) in [5.41, 5.74) is 0.518. The molecule has 0 aromatic heterocycles. The summed E-state index contributed by atoms with van der Waals surface area (Å²) in [4.78, 5) is 44.7. The Morgan fingerprint density at radius 1 is 1.38 bits per heavy atom. The average Bonchev–Trinajstić information content (AvgIpc) is 3.48. The van der Waals surface area contributed by atoms with E-state index in [-0.39, 0.29) is 41.6 Å².